The lowest BCUT2D eigenvalue weighted by molar-refractivity contribution is -0.125. The molecular weight excluding hydrogens is 302 g/mol. The number of carbonyl (C=O) groups is 1. The second-order valence-corrected chi connectivity index (χ2v) is 8.46. The predicted octanol–water partition coefficient (Wildman–Crippen LogP) is 1.12. The molecule has 1 heterocycles. The molecule has 0 aromatic heterocycles. The second kappa shape index (κ2) is 7.57. The summed E-state index contributed by atoms with van der Waals surface area (Å²) in [4.78, 5) is 12.3. The Morgan fingerprint density at radius 2 is 2.14 bits per heavy atom. The van der Waals surface area contributed by atoms with Gasteiger partial charge in [-0.25, -0.2) is 0 Å². The highest BCUT2D eigenvalue weighted by molar-refractivity contribution is 7.86. The molecule has 1 aliphatic carbocycles. The maximum atomic E-state index is 12.3. The molecule has 22 heavy (non-hydrogen) atoms. The van der Waals surface area contributed by atoms with Gasteiger partial charge in [0.05, 0.1) is 5.92 Å². The number of allylic oxidation sites excluding steroid dienone is 1. The van der Waals surface area contributed by atoms with E-state index in [2.05, 4.69) is 11.4 Å². The van der Waals surface area contributed by atoms with Crippen molar-refractivity contribution < 1.29 is 13.2 Å². The summed E-state index contributed by atoms with van der Waals surface area (Å²) in [6, 6.07) is 0. The summed E-state index contributed by atoms with van der Waals surface area (Å²) >= 11 is 0. The van der Waals surface area contributed by atoms with Crippen LogP contribution in [0.1, 0.15) is 38.5 Å². The Kier molecular flexibility index (Phi) is 6.00. The molecule has 1 fully saturated rings. The summed E-state index contributed by atoms with van der Waals surface area (Å²) in [6.45, 7) is 1.39. The quantitative estimate of drug-likeness (QED) is 0.769. The molecule has 1 amide bonds. The molecule has 2 rings (SSSR count). The van der Waals surface area contributed by atoms with Gasteiger partial charge in [-0.1, -0.05) is 11.6 Å². The fraction of sp³-hybridized carbons (Fsp3) is 0.800. The van der Waals surface area contributed by atoms with Crippen molar-refractivity contribution in [1.29, 1.82) is 0 Å². The Bertz CT molecular complexity index is 528. The number of rotatable bonds is 5. The number of nitrogens with one attached hydrogen (secondary N) is 1. The van der Waals surface area contributed by atoms with Gasteiger partial charge in [-0.05, 0) is 38.5 Å². The molecule has 0 spiro atoms. The zero-order valence-electron chi connectivity index (χ0n) is 13.5. The third-order valence-electron chi connectivity index (χ3n) is 4.42. The summed E-state index contributed by atoms with van der Waals surface area (Å²) in [5.74, 6) is -0.266. The first-order chi connectivity index (χ1) is 10.4. The average molecular weight is 329 g/mol. The van der Waals surface area contributed by atoms with Gasteiger partial charge in [-0.2, -0.15) is 17.0 Å². The van der Waals surface area contributed by atoms with E-state index >= 15 is 0 Å². The van der Waals surface area contributed by atoms with Crippen LogP contribution in [0.2, 0.25) is 0 Å². The topological polar surface area (TPSA) is 69.7 Å². The average Bonchev–Trinajstić information content (AvgIpc) is 2.53. The Labute approximate surface area is 133 Å². The van der Waals surface area contributed by atoms with Gasteiger partial charge in [-0.15, -0.1) is 0 Å². The molecule has 1 saturated heterocycles. The number of hydrogen-bond acceptors (Lipinski definition) is 3. The molecule has 1 N–H and O–H groups in total. The molecule has 2 aliphatic rings. The van der Waals surface area contributed by atoms with Crippen molar-refractivity contribution in [3.63, 3.8) is 0 Å². The largest absolute Gasteiger partial charge is 0.352 e. The normalized spacial score (nSPS) is 24.1. The van der Waals surface area contributed by atoms with Crippen LogP contribution in [0, 0.1) is 5.92 Å². The lowest BCUT2D eigenvalue weighted by Gasteiger charge is -2.32. The van der Waals surface area contributed by atoms with Crippen LogP contribution in [0.5, 0.6) is 0 Å². The molecule has 1 aliphatic heterocycles. The molecule has 0 radical (unpaired) electrons. The van der Waals surface area contributed by atoms with Gasteiger partial charge in [0.1, 0.15) is 0 Å². The summed E-state index contributed by atoms with van der Waals surface area (Å²) in [5, 5.41) is 2.98. The van der Waals surface area contributed by atoms with Gasteiger partial charge in [-0.3, -0.25) is 4.79 Å². The standard InChI is InChI=1S/C15H27N3O3S/c1-17(2)22(20,21)18-10-6-9-14(12-18)15(19)16-11-13-7-4-3-5-8-13/h7,14H,3-6,8-12H2,1-2H3,(H,16,19)/t14-/m1/s1. The van der Waals surface area contributed by atoms with Crippen LogP contribution < -0.4 is 5.32 Å². The summed E-state index contributed by atoms with van der Waals surface area (Å²) in [6.07, 6.45) is 8.29. The van der Waals surface area contributed by atoms with Crippen molar-refractivity contribution in [2.75, 3.05) is 33.7 Å². The van der Waals surface area contributed by atoms with Crippen molar-refractivity contribution in [2.24, 2.45) is 5.92 Å². The van der Waals surface area contributed by atoms with E-state index in [0.29, 0.717) is 13.1 Å². The van der Waals surface area contributed by atoms with E-state index in [1.807, 2.05) is 0 Å². The Balaban J connectivity index is 1.88. The van der Waals surface area contributed by atoms with Crippen molar-refractivity contribution in [2.45, 2.75) is 38.5 Å². The monoisotopic (exact) mass is 329 g/mol. The number of amides is 1. The van der Waals surface area contributed by atoms with E-state index in [1.165, 1.54) is 41.1 Å². The van der Waals surface area contributed by atoms with Gasteiger partial charge >= 0.3 is 0 Å². The molecule has 0 aromatic rings. The maximum Gasteiger partial charge on any atom is 0.281 e. The molecule has 126 valence electrons. The Morgan fingerprint density at radius 3 is 2.77 bits per heavy atom. The fourth-order valence-electron chi connectivity index (χ4n) is 3.01. The van der Waals surface area contributed by atoms with E-state index in [9.17, 15) is 13.2 Å². The first-order valence-electron chi connectivity index (χ1n) is 8.04. The SMILES string of the molecule is CN(C)S(=O)(=O)N1CCC[C@@H](C(=O)NCC2=CCCCC2)C1. The molecule has 0 unspecified atom stereocenters. The van der Waals surface area contributed by atoms with Crippen molar-refractivity contribution in [3.05, 3.63) is 11.6 Å². The van der Waals surface area contributed by atoms with Crippen molar-refractivity contribution >= 4 is 16.1 Å². The van der Waals surface area contributed by atoms with E-state index in [4.69, 9.17) is 0 Å². The van der Waals surface area contributed by atoms with Crippen LogP contribution >= 0.6 is 0 Å². The minimum Gasteiger partial charge on any atom is -0.352 e. The van der Waals surface area contributed by atoms with Crippen LogP contribution in [0.15, 0.2) is 11.6 Å². The Hall–Kier alpha value is -0.920. The zero-order chi connectivity index (χ0) is 16.2. The minimum atomic E-state index is -3.43. The van der Waals surface area contributed by atoms with Crippen LogP contribution in [-0.2, 0) is 15.0 Å². The lowest BCUT2D eigenvalue weighted by Crippen LogP contribution is -2.49. The van der Waals surface area contributed by atoms with Crippen LogP contribution in [0.4, 0.5) is 0 Å². The van der Waals surface area contributed by atoms with E-state index in [-0.39, 0.29) is 18.4 Å². The van der Waals surface area contributed by atoms with E-state index in [0.717, 1.165) is 25.7 Å². The zero-order valence-corrected chi connectivity index (χ0v) is 14.4. The second-order valence-electron chi connectivity index (χ2n) is 6.31. The molecule has 6 nitrogen and oxygen atoms in total. The van der Waals surface area contributed by atoms with Gasteiger partial charge < -0.3 is 5.32 Å². The number of hydrogen-bond donors (Lipinski definition) is 1. The highest BCUT2D eigenvalue weighted by Gasteiger charge is 2.33. The van der Waals surface area contributed by atoms with E-state index in [1.54, 1.807) is 0 Å². The fourth-order valence-corrected chi connectivity index (χ4v) is 4.20. The van der Waals surface area contributed by atoms with Crippen LogP contribution in [0.25, 0.3) is 0 Å². The Morgan fingerprint density at radius 1 is 1.36 bits per heavy atom. The number of piperidine rings is 1. The predicted molar refractivity (Wildman–Crippen MR) is 86.5 cm³/mol. The van der Waals surface area contributed by atoms with Gasteiger partial charge in [0, 0.05) is 33.7 Å². The first kappa shape index (κ1) is 17.4. The third-order valence-corrected chi connectivity index (χ3v) is 6.32. The van der Waals surface area contributed by atoms with Gasteiger partial charge in [0.15, 0.2) is 0 Å². The number of carbonyl (C=O) groups excluding carboxylic acids is 1. The van der Waals surface area contributed by atoms with Crippen molar-refractivity contribution in [1.82, 2.24) is 13.9 Å². The van der Waals surface area contributed by atoms with Gasteiger partial charge in [0.2, 0.25) is 5.91 Å². The van der Waals surface area contributed by atoms with Crippen LogP contribution in [-0.4, -0.2) is 56.7 Å². The molecular formula is C15H27N3O3S. The minimum absolute atomic E-state index is 0.0230. The highest BCUT2D eigenvalue weighted by atomic mass is 32.2. The van der Waals surface area contributed by atoms with Crippen molar-refractivity contribution in [3.8, 4) is 0 Å². The highest BCUT2D eigenvalue weighted by Crippen LogP contribution is 2.21. The third kappa shape index (κ3) is 4.30. The van der Waals surface area contributed by atoms with Gasteiger partial charge in [0.25, 0.3) is 10.2 Å². The summed E-state index contributed by atoms with van der Waals surface area (Å²) in [5.41, 5.74) is 1.30. The number of nitrogens with zero attached hydrogens (tertiary/aromatic N) is 2. The summed E-state index contributed by atoms with van der Waals surface area (Å²) in [7, 11) is -0.382. The molecule has 1 atom stereocenters. The summed E-state index contributed by atoms with van der Waals surface area (Å²) < 4.78 is 27.0. The molecule has 0 aromatic carbocycles. The molecule has 0 saturated carbocycles. The smallest absolute Gasteiger partial charge is 0.281 e. The first-order valence-corrected chi connectivity index (χ1v) is 9.44. The van der Waals surface area contributed by atoms with Crippen LogP contribution in [0.3, 0.4) is 0 Å². The van der Waals surface area contributed by atoms with E-state index < -0.39 is 10.2 Å². The lowest BCUT2D eigenvalue weighted by atomic mass is 9.97. The molecule has 7 heteroatoms. The maximum absolute atomic E-state index is 12.3. The molecule has 0 bridgehead atoms.